The standard InChI is InChI=1S/C9H15NO2.C2HF3O2/c1-2-12-9(11)6-3-7-5-8(4-6)10-7;3-2(4,5)1(6)7/h6-8,10H,2-5H2,1H3;(H,6,7)/t6?,7-,8+;. The second-order valence-corrected chi connectivity index (χ2v) is 4.52. The maximum Gasteiger partial charge on any atom is 0.490 e. The van der Waals surface area contributed by atoms with Crippen molar-refractivity contribution in [2.24, 2.45) is 5.92 Å². The SMILES string of the molecule is CCOC(=O)C1C[C@@H]2C[C@H](C1)N2.O=C(O)C(F)(F)F. The zero-order chi connectivity index (χ0) is 14.6. The Morgan fingerprint density at radius 1 is 1.26 bits per heavy atom. The molecule has 110 valence electrons. The van der Waals surface area contributed by atoms with Crippen molar-refractivity contribution >= 4 is 11.9 Å². The third-order valence-electron chi connectivity index (χ3n) is 3.04. The van der Waals surface area contributed by atoms with Crippen LogP contribution in [0.4, 0.5) is 13.2 Å². The lowest BCUT2D eigenvalue weighted by Gasteiger charge is -2.45. The molecule has 0 aromatic heterocycles. The quantitative estimate of drug-likeness (QED) is 0.748. The van der Waals surface area contributed by atoms with Crippen LogP contribution in [0.5, 0.6) is 0 Å². The van der Waals surface area contributed by atoms with Crippen molar-refractivity contribution in [1.82, 2.24) is 5.32 Å². The van der Waals surface area contributed by atoms with Crippen molar-refractivity contribution in [3.05, 3.63) is 0 Å². The Balaban J connectivity index is 0.000000224. The number of nitrogens with one attached hydrogen (secondary N) is 1. The zero-order valence-electron chi connectivity index (χ0n) is 10.4. The van der Waals surface area contributed by atoms with Crippen molar-refractivity contribution in [2.45, 2.75) is 44.4 Å². The third kappa shape index (κ3) is 4.70. The van der Waals surface area contributed by atoms with E-state index < -0.39 is 12.1 Å². The summed E-state index contributed by atoms with van der Waals surface area (Å²) in [5.74, 6) is -2.57. The average Bonchev–Trinajstić information content (AvgIpc) is 2.28. The van der Waals surface area contributed by atoms with E-state index >= 15 is 0 Å². The van der Waals surface area contributed by atoms with Crippen molar-refractivity contribution in [2.75, 3.05) is 6.61 Å². The van der Waals surface area contributed by atoms with Gasteiger partial charge in [-0.05, 0) is 26.2 Å². The zero-order valence-corrected chi connectivity index (χ0v) is 10.4. The minimum atomic E-state index is -5.08. The van der Waals surface area contributed by atoms with Gasteiger partial charge in [0.05, 0.1) is 12.5 Å². The molecular formula is C11H16F3NO4. The first-order valence-corrected chi connectivity index (χ1v) is 5.96. The summed E-state index contributed by atoms with van der Waals surface area (Å²) in [6.07, 6.45) is -1.86. The van der Waals surface area contributed by atoms with Crippen LogP contribution in [0, 0.1) is 5.92 Å². The lowest BCUT2D eigenvalue weighted by molar-refractivity contribution is -0.192. The number of rotatable bonds is 2. The summed E-state index contributed by atoms with van der Waals surface area (Å²) in [4.78, 5) is 20.2. The van der Waals surface area contributed by atoms with Gasteiger partial charge in [-0.2, -0.15) is 13.2 Å². The molecule has 19 heavy (non-hydrogen) atoms. The van der Waals surface area contributed by atoms with Gasteiger partial charge in [-0.1, -0.05) is 0 Å². The van der Waals surface area contributed by atoms with E-state index in [1.807, 2.05) is 6.92 Å². The number of fused-ring (bicyclic) bond motifs is 2. The van der Waals surface area contributed by atoms with Gasteiger partial charge < -0.3 is 15.2 Å². The molecule has 3 fully saturated rings. The second kappa shape index (κ2) is 6.23. The van der Waals surface area contributed by atoms with Crippen LogP contribution in [0.1, 0.15) is 26.2 Å². The summed E-state index contributed by atoms with van der Waals surface area (Å²) in [7, 11) is 0. The fraction of sp³-hybridized carbons (Fsp3) is 0.818. The van der Waals surface area contributed by atoms with Gasteiger partial charge in [-0.3, -0.25) is 4.79 Å². The smallest absolute Gasteiger partial charge is 0.475 e. The topological polar surface area (TPSA) is 75.6 Å². The number of carboxylic acids is 1. The molecule has 3 atom stereocenters. The van der Waals surface area contributed by atoms with Crippen LogP contribution in [0.15, 0.2) is 0 Å². The average molecular weight is 283 g/mol. The number of alkyl halides is 3. The third-order valence-corrected chi connectivity index (χ3v) is 3.04. The molecule has 2 bridgehead atoms. The largest absolute Gasteiger partial charge is 0.490 e. The van der Waals surface area contributed by atoms with E-state index in [2.05, 4.69) is 5.32 Å². The maximum absolute atomic E-state index is 11.3. The van der Waals surface area contributed by atoms with Crippen LogP contribution in [0.2, 0.25) is 0 Å². The highest BCUT2D eigenvalue weighted by molar-refractivity contribution is 5.73. The number of halogens is 3. The lowest BCUT2D eigenvalue weighted by atomic mass is 9.76. The van der Waals surface area contributed by atoms with Crippen LogP contribution in [0.25, 0.3) is 0 Å². The number of hydrogen-bond donors (Lipinski definition) is 2. The molecule has 3 aliphatic rings. The molecular weight excluding hydrogens is 267 g/mol. The summed E-state index contributed by atoms with van der Waals surface area (Å²) in [5, 5.41) is 10.5. The van der Waals surface area contributed by atoms with Gasteiger partial charge >= 0.3 is 18.1 Å². The minimum absolute atomic E-state index is 0.00806. The molecule has 3 rings (SSSR count). The number of hydrogen-bond acceptors (Lipinski definition) is 4. The minimum Gasteiger partial charge on any atom is -0.475 e. The highest BCUT2D eigenvalue weighted by atomic mass is 19.4. The van der Waals surface area contributed by atoms with Crippen molar-refractivity contribution < 1.29 is 32.6 Å². The number of piperidine rings is 1. The normalized spacial score (nSPS) is 28.5. The molecule has 0 spiro atoms. The van der Waals surface area contributed by atoms with Crippen LogP contribution in [-0.4, -0.2) is 41.9 Å². The Bertz CT molecular complexity index is 329. The van der Waals surface area contributed by atoms with Gasteiger partial charge in [0.2, 0.25) is 0 Å². The summed E-state index contributed by atoms with van der Waals surface area (Å²) in [6.45, 7) is 2.37. The first kappa shape index (κ1) is 15.7. The fourth-order valence-electron chi connectivity index (χ4n) is 2.22. The van der Waals surface area contributed by atoms with Gasteiger partial charge in [0, 0.05) is 12.1 Å². The molecule has 0 aromatic rings. The van der Waals surface area contributed by atoms with Gasteiger partial charge in [-0.25, -0.2) is 4.79 Å². The molecule has 1 aliphatic carbocycles. The lowest BCUT2D eigenvalue weighted by Crippen LogP contribution is -2.59. The van der Waals surface area contributed by atoms with E-state index in [1.54, 1.807) is 0 Å². The predicted octanol–water partition coefficient (Wildman–Crippen LogP) is 1.32. The predicted molar refractivity (Wildman–Crippen MR) is 58.4 cm³/mol. The molecule has 2 aliphatic heterocycles. The maximum atomic E-state index is 11.3. The Kier molecular flexibility index (Phi) is 5.16. The van der Waals surface area contributed by atoms with E-state index in [9.17, 15) is 18.0 Å². The first-order chi connectivity index (χ1) is 8.74. The number of esters is 1. The van der Waals surface area contributed by atoms with Crippen molar-refractivity contribution in [1.29, 1.82) is 0 Å². The molecule has 1 unspecified atom stereocenters. The van der Waals surface area contributed by atoms with E-state index in [0.717, 1.165) is 12.8 Å². The van der Waals surface area contributed by atoms with E-state index in [4.69, 9.17) is 14.6 Å². The molecule has 0 aromatic carbocycles. The molecule has 8 heteroatoms. The number of carboxylic acid groups (broad SMARTS) is 1. The number of carbonyl (C=O) groups excluding carboxylic acids is 1. The Hall–Kier alpha value is -1.31. The van der Waals surface area contributed by atoms with Gasteiger partial charge in [0.15, 0.2) is 0 Å². The van der Waals surface area contributed by atoms with E-state index in [1.165, 1.54) is 6.42 Å². The van der Waals surface area contributed by atoms with Gasteiger partial charge in [-0.15, -0.1) is 0 Å². The molecule has 5 nitrogen and oxygen atoms in total. The first-order valence-electron chi connectivity index (χ1n) is 5.96. The van der Waals surface area contributed by atoms with E-state index in [-0.39, 0.29) is 11.9 Å². The number of carbonyl (C=O) groups is 2. The molecule has 0 radical (unpaired) electrons. The summed E-state index contributed by atoms with van der Waals surface area (Å²) in [6, 6.07) is 1.19. The van der Waals surface area contributed by atoms with Crippen LogP contribution < -0.4 is 5.32 Å². The molecule has 1 saturated carbocycles. The molecule has 0 amide bonds. The second-order valence-electron chi connectivity index (χ2n) is 4.52. The molecule has 2 saturated heterocycles. The van der Waals surface area contributed by atoms with E-state index in [0.29, 0.717) is 18.7 Å². The highest BCUT2D eigenvalue weighted by Gasteiger charge is 2.40. The summed E-state index contributed by atoms with van der Waals surface area (Å²) >= 11 is 0. The van der Waals surface area contributed by atoms with Gasteiger partial charge in [0.25, 0.3) is 0 Å². The van der Waals surface area contributed by atoms with Gasteiger partial charge in [0.1, 0.15) is 0 Å². The molecule has 2 N–H and O–H groups in total. The van der Waals surface area contributed by atoms with Crippen LogP contribution in [-0.2, 0) is 14.3 Å². The van der Waals surface area contributed by atoms with Crippen molar-refractivity contribution in [3.63, 3.8) is 0 Å². The number of ether oxygens (including phenoxy) is 1. The van der Waals surface area contributed by atoms with Crippen molar-refractivity contribution in [3.8, 4) is 0 Å². The Labute approximate surface area is 108 Å². The summed E-state index contributed by atoms with van der Waals surface area (Å²) in [5.41, 5.74) is 0. The van der Waals surface area contributed by atoms with Crippen LogP contribution >= 0.6 is 0 Å². The monoisotopic (exact) mass is 283 g/mol. The number of aliphatic carboxylic acids is 1. The summed E-state index contributed by atoms with van der Waals surface area (Å²) < 4.78 is 36.7. The van der Waals surface area contributed by atoms with Crippen LogP contribution in [0.3, 0.4) is 0 Å². The molecule has 2 heterocycles. The highest BCUT2D eigenvalue weighted by Crippen LogP contribution is 2.33. The Morgan fingerprint density at radius 3 is 2.00 bits per heavy atom. The fourth-order valence-corrected chi connectivity index (χ4v) is 2.22. The Morgan fingerprint density at radius 2 is 1.68 bits per heavy atom.